The summed E-state index contributed by atoms with van der Waals surface area (Å²) < 4.78 is 7.14. The molecule has 3 rings (SSSR count). The molecule has 2 heterocycles. The average molecular weight is 416 g/mol. The average Bonchev–Trinajstić information content (AvgIpc) is 2.86. The molecule has 18 heavy (non-hydrogen) atoms. The van der Waals surface area contributed by atoms with Gasteiger partial charge in [-0.3, -0.25) is 4.79 Å². The van der Waals surface area contributed by atoms with Crippen LogP contribution in [0.1, 0.15) is 11.3 Å². The number of furan rings is 1. The molecule has 1 aromatic carbocycles. The summed E-state index contributed by atoms with van der Waals surface area (Å²) in [6, 6.07) is 9.47. The monoisotopic (exact) mass is 415 g/mol. The van der Waals surface area contributed by atoms with Crippen LogP contribution in [0.3, 0.4) is 0 Å². The summed E-state index contributed by atoms with van der Waals surface area (Å²) in [5, 5.41) is 2.84. The molecule has 1 aliphatic rings. The van der Waals surface area contributed by atoms with Gasteiger partial charge in [0, 0.05) is 14.8 Å². The second kappa shape index (κ2) is 4.55. The summed E-state index contributed by atoms with van der Waals surface area (Å²) in [5.41, 5.74) is 2.39. The third-order valence-corrected chi connectivity index (χ3v) is 3.74. The largest absolute Gasteiger partial charge is 0.450 e. The summed E-state index contributed by atoms with van der Waals surface area (Å²) in [6.45, 7) is 0. The van der Waals surface area contributed by atoms with E-state index in [0.29, 0.717) is 16.0 Å². The summed E-state index contributed by atoms with van der Waals surface area (Å²) >= 11 is 5.47. The lowest BCUT2D eigenvalue weighted by Gasteiger charge is -1.98. The fraction of sp³-hybridized carbons (Fsp3) is 0. The van der Waals surface area contributed by atoms with Crippen LogP contribution in [0.15, 0.2) is 39.4 Å². The van der Waals surface area contributed by atoms with Crippen molar-refractivity contribution in [3.8, 4) is 0 Å². The zero-order valence-electron chi connectivity index (χ0n) is 9.04. The number of amides is 1. The molecule has 90 valence electrons. The normalized spacial score (nSPS) is 15.9. The SMILES string of the molecule is O=C1Nc2ccc(I)cc2C1=Cc1ccc(Br)o1. The first-order chi connectivity index (χ1) is 8.63. The molecule has 1 aromatic heterocycles. The highest BCUT2D eigenvalue weighted by molar-refractivity contribution is 14.1. The molecule has 0 unspecified atom stereocenters. The molecule has 0 saturated heterocycles. The van der Waals surface area contributed by atoms with Crippen LogP contribution in [0.2, 0.25) is 0 Å². The number of carbonyl (C=O) groups is 1. The van der Waals surface area contributed by atoms with Gasteiger partial charge in [-0.1, -0.05) is 0 Å². The third-order valence-electron chi connectivity index (χ3n) is 2.65. The molecule has 0 bridgehead atoms. The lowest BCUT2D eigenvalue weighted by Crippen LogP contribution is -2.03. The zero-order chi connectivity index (χ0) is 12.7. The molecule has 5 heteroatoms. The summed E-state index contributed by atoms with van der Waals surface area (Å²) in [5.74, 6) is 0.554. The van der Waals surface area contributed by atoms with Crippen LogP contribution >= 0.6 is 38.5 Å². The number of hydrogen-bond donors (Lipinski definition) is 1. The molecule has 0 radical (unpaired) electrons. The molecule has 3 nitrogen and oxygen atoms in total. The standard InChI is InChI=1S/C13H7BrINO2/c14-12-4-2-8(18-12)6-10-9-5-7(15)1-3-11(9)16-13(10)17/h1-6H,(H,16,17). The second-order valence-corrected chi connectivity index (χ2v) is 5.87. The molecule has 1 N–H and O–H groups in total. The molecule has 0 atom stereocenters. The Kier molecular flexibility index (Phi) is 3.03. The predicted molar refractivity (Wildman–Crippen MR) is 82.1 cm³/mol. The van der Waals surface area contributed by atoms with Gasteiger partial charge < -0.3 is 9.73 Å². The molecule has 0 aliphatic carbocycles. The van der Waals surface area contributed by atoms with Gasteiger partial charge in [-0.25, -0.2) is 0 Å². The van der Waals surface area contributed by atoms with Gasteiger partial charge in [-0.15, -0.1) is 0 Å². The first-order valence-electron chi connectivity index (χ1n) is 5.22. The van der Waals surface area contributed by atoms with E-state index in [1.54, 1.807) is 12.1 Å². The van der Waals surface area contributed by atoms with Crippen molar-refractivity contribution < 1.29 is 9.21 Å². The highest BCUT2D eigenvalue weighted by Crippen LogP contribution is 2.34. The van der Waals surface area contributed by atoms with Gasteiger partial charge in [0.1, 0.15) is 5.76 Å². The van der Waals surface area contributed by atoms with Gasteiger partial charge in [0.25, 0.3) is 5.91 Å². The van der Waals surface area contributed by atoms with E-state index in [4.69, 9.17) is 4.42 Å². The highest BCUT2D eigenvalue weighted by Gasteiger charge is 2.24. The van der Waals surface area contributed by atoms with Crippen molar-refractivity contribution in [2.75, 3.05) is 5.32 Å². The topological polar surface area (TPSA) is 42.2 Å². The van der Waals surface area contributed by atoms with E-state index in [-0.39, 0.29) is 5.91 Å². The molecule has 0 saturated carbocycles. The number of carbonyl (C=O) groups excluding carboxylic acids is 1. The van der Waals surface area contributed by atoms with Crippen molar-refractivity contribution in [1.29, 1.82) is 0 Å². The van der Waals surface area contributed by atoms with E-state index in [9.17, 15) is 4.79 Å². The Bertz CT molecular complexity index is 675. The minimum atomic E-state index is -0.0977. The van der Waals surface area contributed by atoms with Crippen LogP contribution in [-0.4, -0.2) is 5.91 Å². The Morgan fingerprint density at radius 3 is 2.83 bits per heavy atom. The number of hydrogen-bond acceptors (Lipinski definition) is 2. The summed E-state index contributed by atoms with van der Waals surface area (Å²) in [4.78, 5) is 11.9. The fourth-order valence-electron chi connectivity index (χ4n) is 1.85. The van der Waals surface area contributed by atoms with Crippen molar-refractivity contribution in [2.24, 2.45) is 0 Å². The number of nitrogens with one attached hydrogen (secondary N) is 1. The molecule has 1 aliphatic heterocycles. The maximum atomic E-state index is 11.9. The van der Waals surface area contributed by atoms with Crippen LogP contribution < -0.4 is 5.32 Å². The number of rotatable bonds is 1. The fourth-order valence-corrected chi connectivity index (χ4v) is 2.66. The van der Waals surface area contributed by atoms with Gasteiger partial charge in [0.05, 0.1) is 5.57 Å². The van der Waals surface area contributed by atoms with Crippen LogP contribution in [0.5, 0.6) is 0 Å². The quantitative estimate of drug-likeness (QED) is 0.561. The van der Waals surface area contributed by atoms with Gasteiger partial charge >= 0.3 is 0 Å². The maximum Gasteiger partial charge on any atom is 0.256 e. The van der Waals surface area contributed by atoms with Crippen LogP contribution in [0, 0.1) is 3.57 Å². The Labute approximate surface area is 126 Å². The Hall–Kier alpha value is -1.08. The zero-order valence-corrected chi connectivity index (χ0v) is 12.8. The first-order valence-corrected chi connectivity index (χ1v) is 7.09. The lowest BCUT2D eigenvalue weighted by atomic mass is 10.1. The van der Waals surface area contributed by atoms with Crippen molar-refractivity contribution in [2.45, 2.75) is 0 Å². The number of halogens is 2. The van der Waals surface area contributed by atoms with Gasteiger partial charge in [-0.05, 0) is 74.9 Å². The molecule has 1 amide bonds. The number of anilines is 1. The molecule has 2 aromatic rings. The molecule has 0 spiro atoms. The van der Waals surface area contributed by atoms with Crippen LogP contribution in [0.25, 0.3) is 11.6 Å². The maximum absolute atomic E-state index is 11.9. The Morgan fingerprint density at radius 1 is 1.28 bits per heavy atom. The van der Waals surface area contributed by atoms with E-state index >= 15 is 0 Å². The second-order valence-electron chi connectivity index (χ2n) is 3.84. The highest BCUT2D eigenvalue weighted by atomic mass is 127. The number of benzene rings is 1. The summed E-state index contributed by atoms with van der Waals surface area (Å²) in [7, 11) is 0. The Balaban J connectivity index is 2.11. The van der Waals surface area contributed by atoms with Gasteiger partial charge in [0.2, 0.25) is 0 Å². The number of fused-ring (bicyclic) bond motifs is 1. The van der Waals surface area contributed by atoms with E-state index in [1.807, 2.05) is 24.3 Å². The van der Waals surface area contributed by atoms with E-state index in [2.05, 4.69) is 43.8 Å². The summed E-state index contributed by atoms with van der Waals surface area (Å²) in [6.07, 6.45) is 1.75. The Morgan fingerprint density at radius 2 is 2.11 bits per heavy atom. The minimum absolute atomic E-state index is 0.0977. The van der Waals surface area contributed by atoms with Crippen molar-refractivity contribution in [3.05, 3.63) is 49.9 Å². The molecule has 0 fully saturated rings. The first kappa shape index (κ1) is 12.0. The van der Waals surface area contributed by atoms with E-state index in [1.165, 1.54) is 0 Å². The van der Waals surface area contributed by atoms with Gasteiger partial charge in [0.15, 0.2) is 4.67 Å². The van der Waals surface area contributed by atoms with Crippen molar-refractivity contribution in [3.63, 3.8) is 0 Å². The van der Waals surface area contributed by atoms with Crippen LogP contribution in [-0.2, 0) is 4.79 Å². The van der Waals surface area contributed by atoms with Crippen LogP contribution in [0.4, 0.5) is 5.69 Å². The van der Waals surface area contributed by atoms with Crippen molar-refractivity contribution in [1.82, 2.24) is 0 Å². The lowest BCUT2D eigenvalue weighted by molar-refractivity contribution is -0.110. The third kappa shape index (κ3) is 2.12. The minimum Gasteiger partial charge on any atom is -0.450 e. The van der Waals surface area contributed by atoms with E-state index < -0.39 is 0 Å². The van der Waals surface area contributed by atoms with Gasteiger partial charge in [-0.2, -0.15) is 0 Å². The predicted octanol–water partition coefficient (Wildman–Crippen LogP) is 4.14. The smallest absolute Gasteiger partial charge is 0.256 e. The molecular weight excluding hydrogens is 409 g/mol. The van der Waals surface area contributed by atoms with Crippen molar-refractivity contribution >= 4 is 61.8 Å². The van der Waals surface area contributed by atoms with E-state index in [0.717, 1.165) is 14.8 Å². The molecular formula is C13H7BrINO2.